The Morgan fingerprint density at radius 2 is 1.84 bits per heavy atom. The summed E-state index contributed by atoms with van der Waals surface area (Å²) in [7, 11) is -3.45. The van der Waals surface area contributed by atoms with Gasteiger partial charge < -0.3 is 4.74 Å². The van der Waals surface area contributed by atoms with Crippen molar-refractivity contribution < 1.29 is 13.2 Å². The number of ether oxygens (including phenoxy) is 1. The van der Waals surface area contributed by atoms with Crippen LogP contribution in [0.25, 0.3) is 0 Å². The van der Waals surface area contributed by atoms with E-state index in [1.165, 1.54) is 6.42 Å². The number of morpholine rings is 1. The average Bonchev–Trinajstić information content (AvgIpc) is 2.98. The maximum Gasteiger partial charge on any atom is 0.243 e. The minimum Gasteiger partial charge on any atom is -0.379 e. The van der Waals surface area contributed by atoms with E-state index in [4.69, 9.17) is 4.74 Å². The summed E-state index contributed by atoms with van der Waals surface area (Å²) in [6.45, 7) is 11.5. The van der Waals surface area contributed by atoms with E-state index in [9.17, 15) is 8.42 Å². The molecule has 0 saturated carbocycles. The number of sulfonamides is 1. The molecule has 0 aliphatic carbocycles. The molecule has 2 aliphatic heterocycles. The maximum atomic E-state index is 13.1. The summed E-state index contributed by atoms with van der Waals surface area (Å²) in [6.07, 6.45) is 1.17. The SMILES string of the molecule is CC(C)C1(C)CCN(Cc2ccccc2S(=O)(=O)N2CCOCC2)C1. The van der Waals surface area contributed by atoms with Crippen LogP contribution in [0.5, 0.6) is 0 Å². The minimum absolute atomic E-state index is 0.317. The fourth-order valence-electron chi connectivity index (χ4n) is 3.74. The van der Waals surface area contributed by atoms with E-state index in [1.807, 2.05) is 18.2 Å². The number of nitrogens with zero attached hydrogens (tertiary/aromatic N) is 2. The van der Waals surface area contributed by atoms with Gasteiger partial charge in [-0.05, 0) is 35.9 Å². The zero-order valence-corrected chi connectivity index (χ0v) is 16.4. The Kier molecular flexibility index (Phi) is 5.54. The van der Waals surface area contributed by atoms with Gasteiger partial charge in [0.2, 0.25) is 10.0 Å². The lowest BCUT2D eigenvalue weighted by Crippen LogP contribution is -2.41. The summed E-state index contributed by atoms with van der Waals surface area (Å²) in [5.74, 6) is 0.629. The number of hydrogen-bond donors (Lipinski definition) is 0. The fourth-order valence-corrected chi connectivity index (χ4v) is 5.36. The standard InChI is InChI=1S/C19H30N2O3S/c1-16(2)19(3)8-9-20(15-19)14-17-6-4-5-7-18(17)25(22,23)21-10-12-24-13-11-21/h4-7,16H,8-15H2,1-3H3. The highest BCUT2D eigenvalue weighted by molar-refractivity contribution is 7.89. The van der Waals surface area contributed by atoms with Crippen LogP contribution in [-0.2, 0) is 21.3 Å². The first-order valence-corrected chi connectivity index (χ1v) is 10.6. The van der Waals surface area contributed by atoms with Crippen LogP contribution in [0, 0.1) is 11.3 Å². The van der Waals surface area contributed by atoms with Crippen molar-refractivity contribution >= 4 is 10.0 Å². The Morgan fingerprint density at radius 1 is 1.16 bits per heavy atom. The van der Waals surface area contributed by atoms with Crippen molar-refractivity contribution in [1.82, 2.24) is 9.21 Å². The molecule has 25 heavy (non-hydrogen) atoms. The first-order chi connectivity index (χ1) is 11.8. The molecule has 1 unspecified atom stereocenters. The summed E-state index contributed by atoms with van der Waals surface area (Å²) in [5, 5.41) is 0. The van der Waals surface area contributed by atoms with Crippen LogP contribution in [0.1, 0.15) is 32.8 Å². The summed E-state index contributed by atoms with van der Waals surface area (Å²) in [4.78, 5) is 2.85. The van der Waals surface area contributed by atoms with Crippen molar-refractivity contribution in [2.45, 2.75) is 38.6 Å². The maximum absolute atomic E-state index is 13.1. The van der Waals surface area contributed by atoms with Crippen LogP contribution in [-0.4, -0.2) is 57.0 Å². The van der Waals surface area contributed by atoms with Gasteiger partial charge in [-0.15, -0.1) is 0 Å². The van der Waals surface area contributed by atoms with Gasteiger partial charge >= 0.3 is 0 Å². The van der Waals surface area contributed by atoms with Crippen molar-refractivity contribution in [3.05, 3.63) is 29.8 Å². The molecule has 5 nitrogen and oxygen atoms in total. The summed E-state index contributed by atoms with van der Waals surface area (Å²) in [5.41, 5.74) is 1.22. The molecule has 2 heterocycles. The molecule has 1 atom stereocenters. The van der Waals surface area contributed by atoms with Crippen LogP contribution >= 0.6 is 0 Å². The molecular weight excluding hydrogens is 336 g/mol. The normalized spacial score (nSPS) is 26.4. The van der Waals surface area contributed by atoms with Gasteiger partial charge in [0, 0.05) is 26.2 Å². The van der Waals surface area contributed by atoms with E-state index in [1.54, 1.807) is 10.4 Å². The molecule has 0 amide bonds. The number of benzene rings is 1. The van der Waals surface area contributed by atoms with Crippen molar-refractivity contribution in [2.75, 3.05) is 39.4 Å². The smallest absolute Gasteiger partial charge is 0.243 e. The van der Waals surface area contributed by atoms with Crippen LogP contribution in [0.15, 0.2) is 29.2 Å². The quantitative estimate of drug-likeness (QED) is 0.804. The van der Waals surface area contributed by atoms with Gasteiger partial charge in [0.25, 0.3) is 0 Å². The van der Waals surface area contributed by atoms with E-state index in [0.29, 0.717) is 49.1 Å². The van der Waals surface area contributed by atoms with Gasteiger partial charge in [-0.1, -0.05) is 39.0 Å². The minimum atomic E-state index is -3.45. The van der Waals surface area contributed by atoms with Gasteiger partial charge in [0.1, 0.15) is 0 Å². The van der Waals surface area contributed by atoms with E-state index < -0.39 is 10.0 Å². The third-order valence-corrected chi connectivity index (χ3v) is 7.93. The average molecular weight is 367 g/mol. The Bertz CT molecular complexity index is 698. The summed E-state index contributed by atoms with van der Waals surface area (Å²) < 4.78 is 33.0. The predicted molar refractivity (Wildman–Crippen MR) is 98.9 cm³/mol. The molecule has 0 spiro atoms. The van der Waals surface area contributed by atoms with Crippen molar-refractivity contribution in [3.8, 4) is 0 Å². The third kappa shape index (κ3) is 3.92. The zero-order valence-electron chi connectivity index (χ0n) is 15.6. The van der Waals surface area contributed by atoms with Crippen molar-refractivity contribution in [2.24, 2.45) is 11.3 Å². The van der Waals surface area contributed by atoms with E-state index in [2.05, 4.69) is 25.7 Å². The van der Waals surface area contributed by atoms with Gasteiger partial charge in [-0.3, -0.25) is 4.90 Å². The lowest BCUT2D eigenvalue weighted by molar-refractivity contribution is 0.0730. The largest absolute Gasteiger partial charge is 0.379 e. The molecule has 0 aromatic heterocycles. The molecule has 6 heteroatoms. The van der Waals surface area contributed by atoms with Gasteiger partial charge in [-0.2, -0.15) is 4.31 Å². The fraction of sp³-hybridized carbons (Fsp3) is 0.684. The summed E-state index contributed by atoms with van der Waals surface area (Å²) in [6, 6.07) is 7.46. The molecule has 0 bridgehead atoms. The topological polar surface area (TPSA) is 49.9 Å². The molecule has 2 fully saturated rings. The van der Waals surface area contributed by atoms with Gasteiger partial charge in [0.15, 0.2) is 0 Å². The third-order valence-electron chi connectivity index (χ3n) is 5.93. The van der Waals surface area contributed by atoms with Crippen LogP contribution in [0.2, 0.25) is 0 Å². The predicted octanol–water partition coefficient (Wildman–Crippen LogP) is 2.58. The highest BCUT2D eigenvalue weighted by atomic mass is 32.2. The van der Waals surface area contributed by atoms with Crippen molar-refractivity contribution in [1.29, 1.82) is 0 Å². The molecule has 140 valence electrons. The molecular formula is C19H30N2O3S. The molecule has 2 aliphatic rings. The Hall–Kier alpha value is -0.950. The second kappa shape index (κ2) is 7.35. The van der Waals surface area contributed by atoms with E-state index in [-0.39, 0.29) is 0 Å². The Morgan fingerprint density at radius 3 is 2.48 bits per heavy atom. The molecule has 1 aromatic rings. The lowest BCUT2D eigenvalue weighted by atomic mass is 9.78. The number of hydrogen-bond acceptors (Lipinski definition) is 4. The highest BCUT2D eigenvalue weighted by Crippen LogP contribution is 2.38. The summed E-state index contributed by atoms with van der Waals surface area (Å²) >= 11 is 0. The van der Waals surface area contributed by atoms with Crippen LogP contribution < -0.4 is 0 Å². The Labute approximate surface area is 152 Å². The first-order valence-electron chi connectivity index (χ1n) is 9.21. The Balaban J connectivity index is 1.80. The van der Waals surface area contributed by atoms with Crippen molar-refractivity contribution in [3.63, 3.8) is 0 Å². The second-order valence-corrected chi connectivity index (χ2v) is 9.80. The van der Waals surface area contributed by atoms with E-state index >= 15 is 0 Å². The molecule has 0 radical (unpaired) electrons. The van der Waals surface area contributed by atoms with Crippen LogP contribution in [0.3, 0.4) is 0 Å². The molecule has 1 aromatic carbocycles. The van der Waals surface area contributed by atoms with Gasteiger partial charge in [-0.25, -0.2) is 8.42 Å². The first kappa shape index (κ1) is 18.8. The zero-order chi connectivity index (χ0) is 18.1. The lowest BCUT2D eigenvalue weighted by Gasteiger charge is -2.30. The number of likely N-dealkylation sites (tertiary alicyclic amines) is 1. The monoisotopic (exact) mass is 366 g/mol. The number of rotatable bonds is 5. The molecule has 3 rings (SSSR count). The molecule has 2 saturated heterocycles. The van der Waals surface area contributed by atoms with E-state index in [0.717, 1.165) is 18.7 Å². The molecule has 0 N–H and O–H groups in total. The van der Waals surface area contributed by atoms with Crippen LogP contribution in [0.4, 0.5) is 0 Å². The van der Waals surface area contributed by atoms with Gasteiger partial charge in [0.05, 0.1) is 18.1 Å². The highest BCUT2D eigenvalue weighted by Gasteiger charge is 2.37. The second-order valence-electron chi connectivity index (χ2n) is 7.89.